The van der Waals surface area contributed by atoms with Gasteiger partial charge in [-0.25, -0.2) is 10.1 Å². The number of para-hydroxylation sites is 2. The summed E-state index contributed by atoms with van der Waals surface area (Å²) in [5.41, 5.74) is 7.56. The molecule has 6 aromatic rings. The van der Waals surface area contributed by atoms with Gasteiger partial charge in [-0.2, -0.15) is 10.2 Å². The van der Waals surface area contributed by atoms with Crippen LogP contribution < -0.4 is 10.2 Å². The molecule has 0 saturated carbocycles. The summed E-state index contributed by atoms with van der Waals surface area (Å²) in [6, 6.07) is 36.8. The smallest absolute Gasteiger partial charge is 0.307 e. The van der Waals surface area contributed by atoms with E-state index in [4.69, 9.17) is 14.3 Å². The molecule has 4 aromatic carbocycles. The molecule has 0 aliphatic carbocycles. The maximum atomic E-state index is 12.6. The van der Waals surface area contributed by atoms with Crippen molar-refractivity contribution in [1.82, 2.24) is 15.2 Å². The van der Waals surface area contributed by atoms with Gasteiger partial charge in [-0.05, 0) is 54.1 Å². The standard InChI is InChI=1S/C32H24N4O3/c37-32(30-19-25-11-7-8-14-29(25)39-30)34-33-20-26-21-36(27-12-5-2-6-13-27)35-31(26)24-15-17-28(18-16-24)38-22-23-9-3-1-4-10-23/h1-21H,22H2,(H,34,37)/b33-20+. The fourth-order valence-electron chi connectivity index (χ4n) is 4.18. The van der Waals surface area contributed by atoms with E-state index in [9.17, 15) is 4.79 Å². The molecule has 0 saturated heterocycles. The molecular weight excluding hydrogens is 488 g/mol. The maximum absolute atomic E-state index is 12.6. The summed E-state index contributed by atoms with van der Waals surface area (Å²) in [6.45, 7) is 0.492. The molecule has 0 atom stereocenters. The zero-order valence-corrected chi connectivity index (χ0v) is 20.9. The first-order valence-electron chi connectivity index (χ1n) is 12.5. The number of furan rings is 1. The monoisotopic (exact) mass is 512 g/mol. The predicted molar refractivity (Wildman–Crippen MR) is 151 cm³/mol. The van der Waals surface area contributed by atoms with E-state index in [-0.39, 0.29) is 5.76 Å². The number of nitrogens with one attached hydrogen (secondary N) is 1. The van der Waals surface area contributed by atoms with E-state index in [1.54, 1.807) is 17.0 Å². The van der Waals surface area contributed by atoms with Gasteiger partial charge in [-0.3, -0.25) is 4.79 Å². The molecule has 7 nitrogen and oxygen atoms in total. The average Bonchev–Trinajstić information content (AvgIpc) is 3.62. The van der Waals surface area contributed by atoms with E-state index in [0.717, 1.165) is 39.2 Å². The minimum atomic E-state index is -0.431. The molecule has 0 fully saturated rings. The summed E-state index contributed by atoms with van der Waals surface area (Å²) in [7, 11) is 0. The van der Waals surface area contributed by atoms with Gasteiger partial charge >= 0.3 is 5.91 Å². The quantitative estimate of drug-likeness (QED) is 0.183. The normalized spacial score (nSPS) is 11.2. The van der Waals surface area contributed by atoms with Crippen LogP contribution in [0.1, 0.15) is 21.7 Å². The van der Waals surface area contributed by atoms with Crippen molar-refractivity contribution in [2.45, 2.75) is 6.61 Å². The highest BCUT2D eigenvalue weighted by Gasteiger charge is 2.14. The molecule has 39 heavy (non-hydrogen) atoms. The van der Waals surface area contributed by atoms with E-state index in [1.807, 2.05) is 115 Å². The SMILES string of the molecule is O=C(N/N=C/c1cn(-c2ccccc2)nc1-c1ccc(OCc2ccccc2)cc1)c1cc2ccccc2o1. The van der Waals surface area contributed by atoms with Crippen molar-refractivity contribution in [3.05, 3.63) is 138 Å². The highest BCUT2D eigenvalue weighted by Crippen LogP contribution is 2.26. The summed E-state index contributed by atoms with van der Waals surface area (Å²) in [5.74, 6) is 0.525. The molecule has 1 N–H and O–H groups in total. The van der Waals surface area contributed by atoms with Crippen molar-refractivity contribution in [2.24, 2.45) is 5.10 Å². The van der Waals surface area contributed by atoms with Gasteiger partial charge in [0, 0.05) is 22.7 Å². The minimum Gasteiger partial charge on any atom is -0.489 e. The highest BCUT2D eigenvalue weighted by atomic mass is 16.5. The molecule has 7 heteroatoms. The Balaban J connectivity index is 1.23. The second kappa shape index (κ2) is 10.9. The van der Waals surface area contributed by atoms with Crippen LogP contribution in [-0.2, 0) is 6.61 Å². The van der Waals surface area contributed by atoms with Gasteiger partial charge in [0.2, 0.25) is 0 Å². The largest absolute Gasteiger partial charge is 0.489 e. The summed E-state index contributed by atoms with van der Waals surface area (Å²) >= 11 is 0. The topological polar surface area (TPSA) is 81.7 Å². The number of fused-ring (bicyclic) bond motifs is 1. The number of nitrogens with zero attached hydrogens (tertiary/aromatic N) is 3. The Morgan fingerprint density at radius 1 is 0.897 bits per heavy atom. The lowest BCUT2D eigenvalue weighted by Crippen LogP contribution is -2.16. The third-order valence-electron chi connectivity index (χ3n) is 6.16. The minimum absolute atomic E-state index is 0.194. The number of hydrogen-bond acceptors (Lipinski definition) is 5. The van der Waals surface area contributed by atoms with E-state index in [2.05, 4.69) is 10.5 Å². The number of hydrazone groups is 1. The lowest BCUT2D eigenvalue weighted by Gasteiger charge is -2.07. The Hall–Kier alpha value is -5.43. The summed E-state index contributed by atoms with van der Waals surface area (Å²) in [6.07, 6.45) is 3.46. The number of benzene rings is 4. The molecular formula is C32H24N4O3. The van der Waals surface area contributed by atoms with Gasteiger partial charge in [-0.15, -0.1) is 0 Å². The number of rotatable bonds is 8. The van der Waals surface area contributed by atoms with Gasteiger partial charge in [0.15, 0.2) is 5.76 Å². The van der Waals surface area contributed by atoms with Crippen molar-refractivity contribution in [2.75, 3.05) is 0 Å². The molecule has 190 valence electrons. The lowest BCUT2D eigenvalue weighted by atomic mass is 10.1. The Morgan fingerprint density at radius 2 is 1.62 bits per heavy atom. The van der Waals surface area contributed by atoms with Crippen LogP contribution in [0.3, 0.4) is 0 Å². The molecule has 1 amide bonds. The third-order valence-corrected chi connectivity index (χ3v) is 6.16. The number of aromatic nitrogens is 2. The fourth-order valence-corrected chi connectivity index (χ4v) is 4.18. The number of carbonyl (C=O) groups excluding carboxylic acids is 1. The van der Waals surface area contributed by atoms with Crippen LogP contribution in [0.15, 0.2) is 131 Å². The Bertz CT molecular complexity index is 1700. The van der Waals surface area contributed by atoms with Gasteiger partial charge in [-0.1, -0.05) is 66.7 Å². The lowest BCUT2D eigenvalue weighted by molar-refractivity contribution is 0.0929. The van der Waals surface area contributed by atoms with Crippen LogP contribution >= 0.6 is 0 Å². The first kappa shape index (κ1) is 23.9. The molecule has 0 aliphatic heterocycles. The first-order valence-corrected chi connectivity index (χ1v) is 12.5. The molecule has 6 rings (SSSR count). The average molecular weight is 513 g/mol. The van der Waals surface area contributed by atoms with E-state index < -0.39 is 5.91 Å². The number of ether oxygens (including phenoxy) is 1. The van der Waals surface area contributed by atoms with Crippen LogP contribution in [0.25, 0.3) is 27.9 Å². The Kier molecular flexibility index (Phi) is 6.69. The van der Waals surface area contributed by atoms with Crippen molar-refractivity contribution >= 4 is 23.1 Å². The van der Waals surface area contributed by atoms with Crippen LogP contribution in [0.2, 0.25) is 0 Å². The van der Waals surface area contributed by atoms with Crippen LogP contribution in [-0.4, -0.2) is 21.9 Å². The van der Waals surface area contributed by atoms with Crippen LogP contribution in [0.4, 0.5) is 0 Å². The van der Waals surface area contributed by atoms with Gasteiger partial charge < -0.3 is 9.15 Å². The van der Waals surface area contributed by atoms with Crippen LogP contribution in [0, 0.1) is 0 Å². The van der Waals surface area contributed by atoms with Gasteiger partial charge in [0.25, 0.3) is 0 Å². The maximum Gasteiger partial charge on any atom is 0.307 e. The van der Waals surface area contributed by atoms with Gasteiger partial charge in [0.1, 0.15) is 23.6 Å². The first-order chi connectivity index (χ1) is 19.2. The zero-order chi connectivity index (χ0) is 26.4. The Labute approximate surface area is 225 Å². The van der Waals surface area contributed by atoms with Gasteiger partial charge in [0.05, 0.1) is 11.9 Å². The fraction of sp³-hybridized carbons (Fsp3) is 0.0312. The van der Waals surface area contributed by atoms with Crippen LogP contribution in [0.5, 0.6) is 5.75 Å². The second-order valence-electron chi connectivity index (χ2n) is 8.86. The zero-order valence-electron chi connectivity index (χ0n) is 20.9. The summed E-state index contributed by atoms with van der Waals surface area (Å²) < 4.78 is 13.4. The van der Waals surface area contributed by atoms with Crippen molar-refractivity contribution in [3.63, 3.8) is 0 Å². The van der Waals surface area contributed by atoms with Crippen molar-refractivity contribution in [3.8, 4) is 22.7 Å². The molecule has 2 heterocycles. The van der Waals surface area contributed by atoms with Crippen molar-refractivity contribution < 1.29 is 13.9 Å². The van der Waals surface area contributed by atoms with E-state index in [1.165, 1.54) is 0 Å². The predicted octanol–water partition coefficient (Wildman–Crippen LogP) is 6.63. The second-order valence-corrected chi connectivity index (χ2v) is 8.86. The third kappa shape index (κ3) is 5.47. The van der Waals surface area contributed by atoms with Crippen molar-refractivity contribution in [1.29, 1.82) is 0 Å². The molecule has 0 aliphatic rings. The number of carbonyl (C=O) groups is 1. The molecule has 2 aromatic heterocycles. The molecule has 0 spiro atoms. The number of hydrogen-bond donors (Lipinski definition) is 1. The summed E-state index contributed by atoms with van der Waals surface area (Å²) in [5, 5.41) is 9.87. The van der Waals surface area contributed by atoms with E-state index >= 15 is 0 Å². The summed E-state index contributed by atoms with van der Waals surface area (Å²) in [4.78, 5) is 12.6. The Morgan fingerprint density at radius 3 is 2.38 bits per heavy atom. The highest BCUT2D eigenvalue weighted by molar-refractivity contribution is 5.97. The number of amides is 1. The van der Waals surface area contributed by atoms with E-state index in [0.29, 0.717) is 12.2 Å². The molecule has 0 unspecified atom stereocenters. The molecule has 0 bridgehead atoms. The molecule has 0 radical (unpaired) electrons.